The molecule has 4 aliphatic rings. The summed E-state index contributed by atoms with van der Waals surface area (Å²) in [7, 11) is 3.90. The summed E-state index contributed by atoms with van der Waals surface area (Å²) in [6.45, 7) is 2.12. The van der Waals surface area contributed by atoms with E-state index in [0.29, 0.717) is 18.3 Å². The molecule has 0 aromatic heterocycles. The molecule has 0 aromatic carbocycles. The zero-order valence-corrected chi connectivity index (χ0v) is 12.7. The molecule has 0 bridgehead atoms. The molecule has 4 rings (SSSR count). The number of hydrogen-bond acceptors (Lipinski definition) is 4. The highest BCUT2D eigenvalue weighted by molar-refractivity contribution is 5.35. The van der Waals surface area contributed by atoms with Crippen LogP contribution in [0.2, 0.25) is 0 Å². The number of nitrogens with zero attached hydrogens (tertiary/aromatic N) is 1. The molecule has 1 N–H and O–H groups in total. The fourth-order valence-corrected chi connectivity index (χ4v) is 4.63. The smallest absolute Gasteiger partial charge is 0.156 e. The molecular formula is C17H23NO3. The average molecular weight is 289 g/mol. The summed E-state index contributed by atoms with van der Waals surface area (Å²) in [5.74, 6) is 2.66. The van der Waals surface area contributed by atoms with Gasteiger partial charge in [0, 0.05) is 30.2 Å². The maximum atomic E-state index is 9.99. The molecule has 2 aliphatic heterocycles. The predicted molar refractivity (Wildman–Crippen MR) is 79.3 cm³/mol. The van der Waals surface area contributed by atoms with Crippen LogP contribution in [0.15, 0.2) is 35.8 Å². The Bertz CT molecular complexity index is 538. The van der Waals surface area contributed by atoms with Gasteiger partial charge in [-0.2, -0.15) is 0 Å². The first kappa shape index (κ1) is 13.4. The molecule has 2 saturated heterocycles. The van der Waals surface area contributed by atoms with E-state index in [9.17, 15) is 5.11 Å². The maximum absolute atomic E-state index is 9.99. The summed E-state index contributed by atoms with van der Waals surface area (Å²) in [5, 5.41) is 9.99. The van der Waals surface area contributed by atoms with Crippen molar-refractivity contribution in [3.8, 4) is 0 Å². The van der Waals surface area contributed by atoms with Crippen LogP contribution in [0, 0.1) is 17.3 Å². The first-order chi connectivity index (χ1) is 10.1. The van der Waals surface area contributed by atoms with Gasteiger partial charge in [0.1, 0.15) is 11.9 Å². The zero-order valence-electron chi connectivity index (χ0n) is 12.7. The van der Waals surface area contributed by atoms with Gasteiger partial charge in [0.25, 0.3) is 0 Å². The van der Waals surface area contributed by atoms with Crippen LogP contribution in [-0.2, 0) is 9.47 Å². The van der Waals surface area contributed by atoms with Gasteiger partial charge in [-0.15, -0.1) is 0 Å². The Kier molecular flexibility index (Phi) is 2.95. The quantitative estimate of drug-likeness (QED) is 0.746. The lowest BCUT2D eigenvalue weighted by molar-refractivity contribution is 0.0309. The molecule has 21 heavy (non-hydrogen) atoms. The Morgan fingerprint density at radius 2 is 2.29 bits per heavy atom. The minimum Gasteiger partial charge on any atom is -0.493 e. The highest BCUT2D eigenvalue weighted by atomic mass is 16.5. The Morgan fingerprint density at radius 1 is 1.43 bits per heavy atom. The molecule has 2 unspecified atom stereocenters. The molecular weight excluding hydrogens is 266 g/mol. The minimum absolute atomic E-state index is 0.0124. The summed E-state index contributed by atoms with van der Waals surface area (Å²) in [6, 6.07) is 0. The molecule has 2 aliphatic carbocycles. The van der Waals surface area contributed by atoms with Gasteiger partial charge < -0.3 is 19.5 Å². The normalized spacial score (nSPS) is 44.9. The lowest BCUT2D eigenvalue weighted by atomic mass is 9.62. The Morgan fingerprint density at radius 3 is 3.10 bits per heavy atom. The molecule has 114 valence electrons. The number of likely N-dealkylation sites (tertiary alicyclic amines) is 1. The second-order valence-electron chi connectivity index (χ2n) is 6.83. The van der Waals surface area contributed by atoms with E-state index in [1.165, 1.54) is 0 Å². The summed E-state index contributed by atoms with van der Waals surface area (Å²) in [4.78, 5) is 2.41. The highest BCUT2D eigenvalue weighted by Crippen LogP contribution is 2.58. The van der Waals surface area contributed by atoms with Crippen molar-refractivity contribution in [3.05, 3.63) is 35.8 Å². The van der Waals surface area contributed by atoms with Gasteiger partial charge in [-0.05, 0) is 26.1 Å². The van der Waals surface area contributed by atoms with Crippen LogP contribution in [0.1, 0.15) is 12.8 Å². The van der Waals surface area contributed by atoms with Gasteiger partial charge in [-0.1, -0.05) is 18.2 Å². The number of allylic oxidation sites excluding steroid dienone is 2. The van der Waals surface area contributed by atoms with Gasteiger partial charge in [-0.25, -0.2) is 0 Å². The third-order valence-electron chi connectivity index (χ3n) is 5.65. The lowest BCUT2D eigenvalue weighted by Crippen LogP contribution is -2.41. The summed E-state index contributed by atoms with van der Waals surface area (Å²) in [6.07, 6.45) is 9.98. The van der Waals surface area contributed by atoms with E-state index in [1.54, 1.807) is 7.11 Å². The summed E-state index contributed by atoms with van der Waals surface area (Å²) in [5.41, 5.74) is 0.0124. The predicted octanol–water partition coefficient (Wildman–Crippen LogP) is 1.69. The average Bonchev–Trinajstić information content (AvgIpc) is 2.72. The van der Waals surface area contributed by atoms with Crippen LogP contribution in [-0.4, -0.2) is 49.5 Å². The minimum atomic E-state index is -0.389. The van der Waals surface area contributed by atoms with Crippen molar-refractivity contribution < 1.29 is 14.6 Å². The van der Waals surface area contributed by atoms with Crippen LogP contribution in [0.5, 0.6) is 0 Å². The van der Waals surface area contributed by atoms with Crippen molar-refractivity contribution in [1.82, 2.24) is 4.90 Å². The van der Waals surface area contributed by atoms with E-state index in [1.807, 2.05) is 6.08 Å². The van der Waals surface area contributed by atoms with Crippen LogP contribution in [0.4, 0.5) is 0 Å². The van der Waals surface area contributed by atoms with E-state index in [4.69, 9.17) is 9.47 Å². The lowest BCUT2D eigenvalue weighted by Gasteiger charge is -2.39. The molecule has 4 nitrogen and oxygen atoms in total. The van der Waals surface area contributed by atoms with Gasteiger partial charge in [0.2, 0.25) is 0 Å². The molecule has 0 amide bonds. The first-order valence-corrected chi connectivity index (χ1v) is 7.83. The molecule has 5 atom stereocenters. The van der Waals surface area contributed by atoms with Crippen LogP contribution < -0.4 is 0 Å². The third-order valence-corrected chi connectivity index (χ3v) is 5.65. The third kappa shape index (κ3) is 1.82. The second-order valence-corrected chi connectivity index (χ2v) is 6.83. The van der Waals surface area contributed by atoms with Gasteiger partial charge in [0.05, 0.1) is 13.2 Å². The Labute approximate surface area is 125 Å². The number of aliphatic hydroxyl groups is 1. The maximum Gasteiger partial charge on any atom is 0.156 e. The van der Waals surface area contributed by atoms with Crippen molar-refractivity contribution >= 4 is 0 Å². The molecule has 2 heterocycles. The second kappa shape index (κ2) is 4.62. The first-order valence-electron chi connectivity index (χ1n) is 7.83. The number of hydrogen-bond donors (Lipinski definition) is 1. The molecule has 0 radical (unpaired) electrons. The van der Waals surface area contributed by atoms with Crippen LogP contribution in [0.3, 0.4) is 0 Å². The van der Waals surface area contributed by atoms with Crippen molar-refractivity contribution in [2.45, 2.75) is 25.0 Å². The van der Waals surface area contributed by atoms with E-state index in [0.717, 1.165) is 31.0 Å². The largest absolute Gasteiger partial charge is 0.493 e. The fraction of sp³-hybridized carbons (Fsp3) is 0.647. The highest BCUT2D eigenvalue weighted by Gasteiger charge is 2.59. The van der Waals surface area contributed by atoms with E-state index < -0.39 is 0 Å². The van der Waals surface area contributed by atoms with E-state index in [2.05, 4.69) is 30.2 Å². The van der Waals surface area contributed by atoms with E-state index >= 15 is 0 Å². The van der Waals surface area contributed by atoms with Crippen LogP contribution in [0.25, 0.3) is 0 Å². The SMILES string of the molecule is COC1=C2O[C@@H]3C[C@@H](O)C=C[C@@]34CCN(C)CC(C=C1)C24. The van der Waals surface area contributed by atoms with Crippen molar-refractivity contribution in [1.29, 1.82) is 0 Å². The van der Waals surface area contributed by atoms with Crippen LogP contribution >= 0.6 is 0 Å². The Hall–Kier alpha value is -1.26. The van der Waals surface area contributed by atoms with Gasteiger partial charge in [-0.3, -0.25) is 0 Å². The van der Waals surface area contributed by atoms with Gasteiger partial charge >= 0.3 is 0 Å². The number of ether oxygens (including phenoxy) is 2. The summed E-state index contributed by atoms with van der Waals surface area (Å²) < 4.78 is 11.8. The van der Waals surface area contributed by atoms with Crippen molar-refractivity contribution in [2.24, 2.45) is 17.3 Å². The van der Waals surface area contributed by atoms with Crippen molar-refractivity contribution in [2.75, 3.05) is 27.2 Å². The molecule has 0 saturated carbocycles. The molecule has 2 fully saturated rings. The monoisotopic (exact) mass is 289 g/mol. The molecule has 1 spiro atoms. The summed E-state index contributed by atoms with van der Waals surface area (Å²) >= 11 is 0. The number of methoxy groups -OCH3 is 1. The molecule has 0 aromatic rings. The number of rotatable bonds is 1. The zero-order chi connectivity index (χ0) is 14.6. The standard InChI is InChI=1S/C17H23NO3/c1-18-8-7-17-6-5-12(19)9-14(17)21-16-13(20-2)4-3-11(10-18)15(16)17/h3-6,11-12,14-15,19H,7-10H2,1-2H3/t11?,12-,14+,15?,17+/m0/s1. The molecule has 4 heteroatoms. The fourth-order valence-electron chi connectivity index (χ4n) is 4.63. The van der Waals surface area contributed by atoms with Crippen molar-refractivity contribution in [3.63, 3.8) is 0 Å². The number of aliphatic hydroxyl groups excluding tert-OH is 1. The van der Waals surface area contributed by atoms with Gasteiger partial charge in [0.15, 0.2) is 5.76 Å². The van der Waals surface area contributed by atoms with E-state index in [-0.39, 0.29) is 17.6 Å². The topological polar surface area (TPSA) is 41.9 Å². The Balaban J connectivity index is 1.85.